The normalized spacial score (nSPS) is 12.4. The number of nitrogens with one attached hydrogen (secondary N) is 1. The molecule has 140 valence electrons. The number of carbonyl (C=O) groups excluding carboxylic acids is 2. The summed E-state index contributed by atoms with van der Waals surface area (Å²) >= 11 is 11.9. The molecule has 0 aliphatic heterocycles. The fourth-order valence-electron chi connectivity index (χ4n) is 2.01. The van der Waals surface area contributed by atoms with E-state index in [1.54, 1.807) is 36.4 Å². The molecule has 2 aromatic carbocycles. The van der Waals surface area contributed by atoms with Gasteiger partial charge in [0.25, 0.3) is 5.91 Å². The van der Waals surface area contributed by atoms with Crippen LogP contribution in [0.15, 0.2) is 42.5 Å². The molecule has 0 aliphatic rings. The van der Waals surface area contributed by atoms with Gasteiger partial charge in [0.1, 0.15) is 5.75 Å². The molecule has 0 aromatic heterocycles. The van der Waals surface area contributed by atoms with E-state index in [2.05, 4.69) is 5.32 Å². The van der Waals surface area contributed by atoms with Crippen LogP contribution >= 0.6 is 23.2 Å². The van der Waals surface area contributed by atoms with Crippen molar-refractivity contribution in [1.82, 2.24) is 0 Å². The van der Waals surface area contributed by atoms with Crippen molar-refractivity contribution in [2.24, 2.45) is 0 Å². The number of ether oxygens (including phenoxy) is 2. The van der Waals surface area contributed by atoms with E-state index in [4.69, 9.17) is 37.9 Å². The summed E-state index contributed by atoms with van der Waals surface area (Å²) in [6, 6.07) is 12.9. The zero-order chi connectivity index (χ0) is 20.0. The number of halogens is 2. The van der Waals surface area contributed by atoms with Crippen molar-refractivity contribution in [3.8, 4) is 11.8 Å². The van der Waals surface area contributed by atoms with Gasteiger partial charge in [0.15, 0.2) is 12.2 Å². The van der Waals surface area contributed by atoms with Crippen LogP contribution in [0.1, 0.15) is 19.4 Å². The number of carbonyl (C=O) groups is 2. The van der Waals surface area contributed by atoms with E-state index < -0.39 is 24.1 Å². The molecule has 1 N–H and O–H groups in total. The number of benzene rings is 2. The van der Waals surface area contributed by atoms with Crippen LogP contribution in [0.4, 0.5) is 5.69 Å². The molecular weight excluding hydrogens is 391 g/mol. The number of anilines is 1. The fraction of sp³-hybridized carbons (Fsp3) is 0.211. The Morgan fingerprint density at radius 2 is 1.74 bits per heavy atom. The summed E-state index contributed by atoms with van der Waals surface area (Å²) in [5.41, 5.74) is 0.793. The van der Waals surface area contributed by atoms with Crippen molar-refractivity contribution in [1.29, 1.82) is 5.26 Å². The quantitative estimate of drug-likeness (QED) is 0.725. The minimum atomic E-state index is -1.07. The molecule has 0 bridgehead atoms. The molecule has 0 saturated heterocycles. The first-order valence-electron chi connectivity index (χ1n) is 7.93. The second kappa shape index (κ2) is 9.26. The average Bonchev–Trinajstić information content (AvgIpc) is 2.65. The van der Waals surface area contributed by atoms with Gasteiger partial charge in [-0.25, -0.2) is 4.79 Å². The standard InChI is InChI=1S/C19H16Cl2N2O4/c1-11(18(24)23-17-9-14(20)5-8-16(17)21)27-19(25)12(2)26-15-6-3-13(10-22)4-7-15/h3-9,11-12H,1-2H3,(H,23,24)/t11-,12+/m1/s1. The Morgan fingerprint density at radius 3 is 2.37 bits per heavy atom. The van der Waals surface area contributed by atoms with E-state index in [0.717, 1.165) is 0 Å². The van der Waals surface area contributed by atoms with Gasteiger partial charge in [-0.2, -0.15) is 5.26 Å². The molecular formula is C19H16Cl2N2O4. The highest BCUT2D eigenvalue weighted by atomic mass is 35.5. The zero-order valence-electron chi connectivity index (χ0n) is 14.5. The van der Waals surface area contributed by atoms with Crippen molar-refractivity contribution in [3.05, 3.63) is 58.1 Å². The lowest BCUT2D eigenvalue weighted by molar-refractivity contribution is -0.159. The van der Waals surface area contributed by atoms with Crippen LogP contribution in [0.5, 0.6) is 5.75 Å². The van der Waals surface area contributed by atoms with Crippen LogP contribution in [0, 0.1) is 11.3 Å². The number of rotatable bonds is 6. The number of nitriles is 1. The van der Waals surface area contributed by atoms with E-state index in [0.29, 0.717) is 27.0 Å². The average molecular weight is 407 g/mol. The minimum absolute atomic E-state index is 0.309. The molecule has 0 spiro atoms. The van der Waals surface area contributed by atoms with Gasteiger partial charge in [-0.15, -0.1) is 0 Å². The lowest BCUT2D eigenvalue weighted by Crippen LogP contribution is -2.35. The van der Waals surface area contributed by atoms with E-state index in [-0.39, 0.29) is 0 Å². The topological polar surface area (TPSA) is 88.4 Å². The predicted octanol–water partition coefficient (Wildman–Crippen LogP) is 4.20. The van der Waals surface area contributed by atoms with E-state index >= 15 is 0 Å². The van der Waals surface area contributed by atoms with E-state index in [1.807, 2.05) is 6.07 Å². The number of hydrogen-bond acceptors (Lipinski definition) is 5. The van der Waals surface area contributed by atoms with Gasteiger partial charge in [-0.3, -0.25) is 4.79 Å². The van der Waals surface area contributed by atoms with Gasteiger partial charge in [0.05, 0.1) is 22.3 Å². The first-order valence-corrected chi connectivity index (χ1v) is 8.69. The predicted molar refractivity (Wildman–Crippen MR) is 102 cm³/mol. The molecule has 2 aromatic rings. The SMILES string of the molecule is C[C@H](Oc1ccc(C#N)cc1)C(=O)O[C@H](C)C(=O)Nc1cc(Cl)ccc1Cl. The molecule has 0 aliphatic carbocycles. The van der Waals surface area contributed by atoms with Crippen molar-refractivity contribution < 1.29 is 19.1 Å². The number of hydrogen-bond donors (Lipinski definition) is 1. The molecule has 6 nitrogen and oxygen atoms in total. The molecule has 0 unspecified atom stereocenters. The summed E-state index contributed by atoms with van der Waals surface area (Å²) in [6.07, 6.45) is -2.01. The largest absolute Gasteiger partial charge is 0.479 e. The number of amides is 1. The fourth-order valence-corrected chi connectivity index (χ4v) is 2.35. The smallest absolute Gasteiger partial charge is 0.347 e. The first kappa shape index (κ1) is 20.6. The molecule has 0 saturated carbocycles. The van der Waals surface area contributed by atoms with Crippen molar-refractivity contribution >= 4 is 40.8 Å². The Labute approximate surface area is 166 Å². The first-order chi connectivity index (χ1) is 12.8. The Bertz CT molecular complexity index is 878. The molecule has 1 amide bonds. The number of esters is 1. The van der Waals surface area contributed by atoms with Crippen molar-refractivity contribution in [3.63, 3.8) is 0 Å². The van der Waals surface area contributed by atoms with Crippen LogP contribution in [0.3, 0.4) is 0 Å². The Kier molecular flexibility index (Phi) is 7.05. The monoisotopic (exact) mass is 406 g/mol. The van der Waals surface area contributed by atoms with Crippen LogP contribution in [0.2, 0.25) is 10.0 Å². The van der Waals surface area contributed by atoms with Gasteiger partial charge in [0.2, 0.25) is 0 Å². The highest BCUT2D eigenvalue weighted by Crippen LogP contribution is 2.25. The Balaban J connectivity index is 1.92. The summed E-state index contributed by atoms with van der Waals surface area (Å²) in [6.45, 7) is 2.93. The molecule has 0 fully saturated rings. The van der Waals surface area contributed by atoms with Crippen LogP contribution in [-0.4, -0.2) is 24.1 Å². The lowest BCUT2D eigenvalue weighted by Gasteiger charge is -2.18. The summed E-state index contributed by atoms with van der Waals surface area (Å²) in [5.74, 6) is -0.862. The maximum atomic E-state index is 12.2. The van der Waals surface area contributed by atoms with Gasteiger partial charge in [0, 0.05) is 5.02 Å². The van der Waals surface area contributed by atoms with Crippen LogP contribution in [0.25, 0.3) is 0 Å². The molecule has 2 atom stereocenters. The second-order valence-electron chi connectivity index (χ2n) is 5.59. The maximum Gasteiger partial charge on any atom is 0.347 e. The maximum absolute atomic E-state index is 12.2. The lowest BCUT2D eigenvalue weighted by atomic mass is 10.2. The van der Waals surface area contributed by atoms with Gasteiger partial charge >= 0.3 is 5.97 Å². The number of nitrogens with zero attached hydrogens (tertiary/aromatic N) is 1. The Morgan fingerprint density at radius 1 is 1.07 bits per heavy atom. The second-order valence-corrected chi connectivity index (χ2v) is 6.43. The third kappa shape index (κ3) is 5.88. The van der Waals surface area contributed by atoms with Crippen LogP contribution in [-0.2, 0) is 14.3 Å². The van der Waals surface area contributed by atoms with E-state index in [9.17, 15) is 9.59 Å². The highest BCUT2D eigenvalue weighted by Gasteiger charge is 2.23. The third-order valence-corrected chi connectivity index (χ3v) is 4.04. The zero-order valence-corrected chi connectivity index (χ0v) is 16.0. The minimum Gasteiger partial charge on any atom is -0.479 e. The summed E-state index contributed by atoms with van der Waals surface area (Å²) < 4.78 is 10.6. The van der Waals surface area contributed by atoms with E-state index in [1.165, 1.54) is 19.9 Å². The summed E-state index contributed by atoms with van der Waals surface area (Å²) in [4.78, 5) is 24.3. The molecule has 27 heavy (non-hydrogen) atoms. The van der Waals surface area contributed by atoms with Gasteiger partial charge < -0.3 is 14.8 Å². The highest BCUT2D eigenvalue weighted by molar-refractivity contribution is 6.35. The molecule has 2 rings (SSSR count). The molecule has 8 heteroatoms. The van der Waals surface area contributed by atoms with Gasteiger partial charge in [-0.1, -0.05) is 23.2 Å². The third-order valence-electron chi connectivity index (χ3n) is 3.48. The van der Waals surface area contributed by atoms with Crippen molar-refractivity contribution in [2.75, 3.05) is 5.32 Å². The van der Waals surface area contributed by atoms with Gasteiger partial charge in [-0.05, 0) is 56.3 Å². The Hall–Kier alpha value is -2.75. The van der Waals surface area contributed by atoms with Crippen molar-refractivity contribution in [2.45, 2.75) is 26.1 Å². The molecule has 0 radical (unpaired) electrons. The van der Waals surface area contributed by atoms with Crippen LogP contribution < -0.4 is 10.1 Å². The summed E-state index contributed by atoms with van der Waals surface area (Å²) in [7, 11) is 0. The summed E-state index contributed by atoms with van der Waals surface area (Å²) in [5, 5.41) is 12.0. The molecule has 0 heterocycles.